The number of H-pyrrole nitrogens is 2. The predicted molar refractivity (Wildman–Crippen MR) is 169 cm³/mol. The van der Waals surface area contributed by atoms with Gasteiger partial charge in [0.2, 0.25) is 11.4 Å². The largest absolute Gasteiger partial charge is 0.657 e. The lowest BCUT2D eigenvalue weighted by Crippen LogP contribution is -2.18. The first-order valence-corrected chi connectivity index (χ1v) is 14.9. The molecule has 0 unspecified atom stereocenters. The van der Waals surface area contributed by atoms with Gasteiger partial charge < -0.3 is 25.2 Å². The van der Waals surface area contributed by atoms with Crippen molar-refractivity contribution in [3.05, 3.63) is 88.7 Å². The molecule has 0 radical (unpaired) electrons. The topological polar surface area (TPSA) is 123 Å². The Bertz CT molecular complexity index is 2010. The van der Waals surface area contributed by atoms with Crippen molar-refractivity contribution in [2.24, 2.45) is 0 Å². The van der Waals surface area contributed by atoms with Crippen LogP contribution in [0.25, 0.3) is 24.3 Å². The van der Waals surface area contributed by atoms with Gasteiger partial charge in [0.25, 0.3) is 0 Å². The number of carboxylic acids is 2. The normalized spacial score (nSPS) is 17.6. The van der Waals surface area contributed by atoms with Gasteiger partial charge in [-0.1, -0.05) is 31.1 Å². The van der Waals surface area contributed by atoms with E-state index in [1.54, 1.807) is 0 Å². The number of aliphatic carboxylic acids is 2. The van der Waals surface area contributed by atoms with Gasteiger partial charge in [0, 0.05) is 52.1 Å². The van der Waals surface area contributed by atoms with E-state index in [2.05, 4.69) is 62.6 Å². The van der Waals surface area contributed by atoms with Gasteiger partial charge in [0.1, 0.15) is 6.72 Å². The minimum atomic E-state index is -0.868. The highest BCUT2D eigenvalue weighted by Gasteiger charge is 2.30. The van der Waals surface area contributed by atoms with Crippen molar-refractivity contribution in [1.29, 1.82) is 0 Å². The molecule has 8 nitrogen and oxygen atoms in total. The Balaban J connectivity index is 1.91. The molecule has 224 valence electrons. The first-order chi connectivity index (χ1) is 20.4. The lowest BCUT2D eigenvalue weighted by atomic mass is 10.0. The Morgan fingerprint density at radius 1 is 0.744 bits per heavy atom. The summed E-state index contributed by atoms with van der Waals surface area (Å²) >= 11 is 0. The number of nitrogens with zero attached hydrogens (tertiary/aromatic N) is 2. The zero-order chi connectivity index (χ0) is 31.2. The molecule has 0 aromatic carbocycles. The van der Waals surface area contributed by atoms with E-state index in [1.807, 2.05) is 24.5 Å². The molecule has 8 bridgehead atoms. The molecule has 3 aromatic rings. The second-order valence-corrected chi connectivity index (χ2v) is 11.5. The molecule has 5 rings (SSSR count). The number of carboxylic acid groups (broad SMARTS) is 2. The van der Waals surface area contributed by atoms with Gasteiger partial charge in [0.05, 0.1) is 0 Å². The maximum atomic E-state index is 11.6. The molecule has 8 heteroatoms. The number of aromatic nitrogens is 3. The fourth-order valence-corrected chi connectivity index (χ4v) is 6.52. The summed E-state index contributed by atoms with van der Waals surface area (Å²) in [6, 6.07) is 0. The summed E-state index contributed by atoms with van der Waals surface area (Å²) in [5.74, 6) is -1.73. The minimum Gasteiger partial charge on any atom is -0.657 e. The van der Waals surface area contributed by atoms with Crippen molar-refractivity contribution in [2.75, 3.05) is 0 Å². The number of nitrogens with one attached hydrogen (secondary N) is 2. The summed E-state index contributed by atoms with van der Waals surface area (Å²) < 4.78 is 1.98. The fourth-order valence-electron chi connectivity index (χ4n) is 6.52. The molecule has 0 saturated heterocycles. The van der Waals surface area contributed by atoms with E-state index in [0.717, 1.165) is 79.5 Å². The van der Waals surface area contributed by atoms with Crippen LogP contribution >= 0.6 is 0 Å². The number of fused-ring (bicyclic) bond motifs is 8. The number of allylic oxidation sites excluding steroid dienone is 4. The maximum absolute atomic E-state index is 11.6. The van der Waals surface area contributed by atoms with E-state index < -0.39 is 11.9 Å². The van der Waals surface area contributed by atoms with E-state index in [-0.39, 0.29) is 12.8 Å². The summed E-state index contributed by atoms with van der Waals surface area (Å²) in [5.41, 5.74) is 12.2. The maximum Gasteiger partial charge on any atom is 0.303 e. The number of rotatable bonds is 8. The first kappa shape index (κ1) is 29.9. The quantitative estimate of drug-likeness (QED) is 0.305. The third-order valence-electron chi connectivity index (χ3n) is 9.03. The Morgan fingerprint density at radius 2 is 1.42 bits per heavy atom. The van der Waals surface area contributed by atoms with Gasteiger partial charge in [-0.25, -0.2) is 0 Å². The van der Waals surface area contributed by atoms with E-state index in [0.29, 0.717) is 18.2 Å². The zero-order valence-corrected chi connectivity index (χ0v) is 25.9. The fraction of sp³-hybridized carbons (Fsp3) is 0.343. The molecule has 5 heterocycles. The summed E-state index contributed by atoms with van der Waals surface area (Å²) in [6.45, 7) is 17.0. The van der Waals surface area contributed by atoms with Crippen LogP contribution < -0.4 is 26.4 Å². The first-order valence-electron chi connectivity index (χ1n) is 14.9. The van der Waals surface area contributed by atoms with E-state index in [1.165, 1.54) is 16.7 Å². The van der Waals surface area contributed by atoms with E-state index in [4.69, 9.17) is 4.98 Å². The molecule has 2 aliphatic heterocycles. The van der Waals surface area contributed by atoms with Crippen LogP contribution in [0, 0.1) is 20.8 Å². The molecule has 0 fully saturated rings. The highest BCUT2D eigenvalue weighted by Crippen LogP contribution is 2.32. The zero-order valence-electron chi connectivity index (χ0n) is 25.9. The average Bonchev–Trinajstić information content (AvgIpc) is 3.59. The molecule has 0 spiro atoms. The molecule has 3 aromatic heterocycles. The van der Waals surface area contributed by atoms with Crippen LogP contribution in [-0.2, 0) is 28.9 Å². The summed E-state index contributed by atoms with van der Waals surface area (Å²) in [4.78, 5) is 35.4. The lowest BCUT2D eigenvalue weighted by molar-refractivity contribution is -0.391. The van der Waals surface area contributed by atoms with Crippen LogP contribution in [0.1, 0.15) is 84.8 Å². The predicted octanol–water partition coefficient (Wildman–Crippen LogP) is 2.72. The second-order valence-electron chi connectivity index (χ2n) is 11.5. The van der Waals surface area contributed by atoms with Crippen molar-refractivity contribution < 1.29 is 24.4 Å². The second kappa shape index (κ2) is 11.6. The SMILES string of the molecule is C=[N+]1C2=C(C)C(CC)=C1/C=c1\[nH]/c(c(CC)c1C)=C\c1[nH]c(c(CCC(=O)O)c1C)/C=c1\[n-]/c(c(C)c1CCC(=O)O)=C\2. The highest BCUT2D eigenvalue weighted by molar-refractivity contribution is 5.70. The molecular weight excluding hydrogens is 540 g/mol. The summed E-state index contributed by atoms with van der Waals surface area (Å²) in [7, 11) is 0. The number of hydrogen-bond donors (Lipinski definition) is 4. The lowest BCUT2D eigenvalue weighted by Gasteiger charge is -2.05. The molecule has 0 aliphatic carbocycles. The van der Waals surface area contributed by atoms with Crippen molar-refractivity contribution >= 4 is 43.0 Å². The number of aromatic amines is 2. The monoisotopic (exact) mass is 580 g/mol. The highest BCUT2D eigenvalue weighted by atomic mass is 16.4. The van der Waals surface area contributed by atoms with Gasteiger partial charge in [-0.05, 0) is 87.8 Å². The molecule has 0 amide bonds. The minimum absolute atomic E-state index is 0.0000905. The van der Waals surface area contributed by atoms with Crippen LogP contribution in [0.4, 0.5) is 0 Å². The van der Waals surface area contributed by atoms with Gasteiger partial charge >= 0.3 is 11.9 Å². The Kier molecular flexibility index (Phi) is 8.06. The van der Waals surface area contributed by atoms with Crippen molar-refractivity contribution in [3.63, 3.8) is 0 Å². The van der Waals surface area contributed by atoms with Crippen molar-refractivity contribution in [1.82, 2.24) is 15.0 Å². The van der Waals surface area contributed by atoms with Crippen LogP contribution in [-0.4, -0.2) is 43.4 Å². The van der Waals surface area contributed by atoms with Crippen LogP contribution in [0.5, 0.6) is 0 Å². The average molecular weight is 581 g/mol. The smallest absolute Gasteiger partial charge is 0.303 e. The standard InChI is InChI=1S/C35H40N4O4/c1-8-22-18(3)28-17-33-23(9-2)21(6)32(39(33)7)16-27-20(5)25(11-13-35(42)43)31(38-27)15-30-24(10-12-34(40)41)19(4)26(36-30)14-29(22)37-28/h14-17,36-37H,7-13H2,1-6H3,(H,40,41)(H,42,43)/b26-14?,27-16-,28-17-,29-14-,30-15?,31-15-,32-16?,33-17?. The van der Waals surface area contributed by atoms with Crippen LogP contribution in [0.15, 0.2) is 22.5 Å². The van der Waals surface area contributed by atoms with Gasteiger partial charge in [-0.3, -0.25) is 9.59 Å². The van der Waals surface area contributed by atoms with Gasteiger partial charge in [0.15, 0.2) is 0 Å². The summed E-state index contributed by atoms with van der Waals surface area (Å²) in [5, 5.41) is 22.5. The molecule has 4 N–H and O–H groups in total. The van der Waals surface area contributed by atoms with Crippen LogP contribution in [0.3, 0.4) is 0 Å². The Morgan fingerprint density at radius 3 is 2.05 bits per heavy atom. The third-order valence-corrected chi connectivity index (χ3v) is 9.03. The van der Waals surface area contributed by atoms with Gasteiger partial charge in [-0.15, -0.1) is 10.7 Å². The number of hydrogen-bond acceptors (Lipinski definition) is 2. The molecule has 2 aliphatic rings. The van der Waals surface area contributed by atoms with Gasteiger partial charge in [-0.2, -0.15) is 4.58 Å². The molecular formula is C35H40N4O4. The van der Waals surface area contributed by atoms with Crippen LogP contribution in [0.2, 0.25) is 0 Å². The Hall–Kier alpha value is -4.59. The van der Waals surface area contributed by atoms with Crippen molar-refractivity contribution in [3.8, 4) is 0 Å². The number of carbonyl (C=O) groups is 2. The molecule has 43 heavy (non-hydrogen) atoms. The van der Waals surface area contributed by atoms with E-state index in [9.17, 15) is 19.8 Å². The Labute approximate surface area is 250 Å². The molecule has 0 atom stereocenters. The third kappa shape index (κ3) is 5.38. The van der Waals surface area contributed by atoms with E-state index >= 15 is 0 Å². The van der Waals surface area contributed by atoms with Crippen molar-refractivity contribution in [2.45, 2.75) is 80.1 Å². The summed E-state index contributed by atoms with van der Waals surface area (Å²) in [6.07, 6.45) is 10.7. The molecule has 0 saturated carbocycles.